The molecule has 2 amide bonds. The van der Waals surface area contributed by atoms with Crippen LogP contribution in [0.1, 0.15) is 21.9 Å². The summed E-state index contributed by atoms with van der Waals surface area (Å²) in [6, 6.07) is 23.4. The first kappa shape index (κ1) is 22.7. The second kappa shape index (κ2) is 9.64. The first-order chi connectivity index (χ1) is 16.6. The predicted octanol–water partition coefficient (Wildman–Crippen LogP) is 5.26. The number of rotatable bonds is 6. The van der Waals surface area contributed by atoms with Crippen molar-refractivity contribution in [3.8, 4) is 11.5 Å². The summed E-state index contributed by atoms with van der Waals surface area (Å²) in [5.74, 6) is 2.45. The fraction of sp³-hybridized carbons (Fsp3) is 0.231. The maximum Gasteiger partial charge on any atom is 0.238 e. The third kappa shape index (κ3) is 4.23. The number of amides is 2. The first-order valence-corrected chi connectivity index (χ1v) is 12.9. The molecule has 2 heterocycles. The van der Waals surface area contributed by atoms with Crippen molar-refractivity contribution < 1.29 is 19.1 Å². The number of hydrogen-bond acceptors (Lipinski definition) is 6. The summed E-state index contributed by atoms with van der Waals surface area (Å²) in [6.45, 7) is 0. The lowest BCUT2D eigenvalue weighted by molar-refractivity contribution is -0.116. The SMILES string of the molecule is COc1cccc(N2C(=O)CS[C@@H]2c2ccc([C@H]3SCC(=O)N3c3cccc(OC)c3)cc2)c1. The first-order valence-electron chi connectivity index (χ1n) is 10.8. The van der Waals surface area contributed by atoms with Crippen LogP contribution in [-0.4, -0.2) is 37.5 Å². The lowest BCUT2D eigenvalue weighted by atomic mass is 10.1. The minimum absolute atomic E-state index is 0.0773. The van der Waals surface area contributed by atoms with Crippen LogP contribution in [0, 0.1) is 0 Å². The highest BCUT2D eigenvalue weighted by Crippen LogP contribution is 2.45. The topological polar surface area (TPSA) is 59.1 Å². The van der Waals surface area contributed by atoms with Crippen molar-refractivity contribution in [1.29, 1.82) is 0 Å². The molecule has 0 unspecified atom stereocenters. The molecule has 0 radical (unpaired) electrons. The van der Waals surface area contributed by atoms with Crippen LogP contribution in [0.4, 0.5) is 11.4 Å². The van der Waals surface area contributed by atoms with Gasteiger partial charge in [0.15, 0.2) is 0 Å². The van der Waals surface area contributed by atoms with Gasteiger partial charge in [0.05, 0.1) is 25.7 Å². The van der Waals surface area contributed by atoms with Crippen molar-refractivity contribution in [1.82, 2.24) is 0 Å². The number of thioether (sulfide) groups is 2. The zero-order valence-corrected chi connectivity index (χ0v) is 20.5. The minimum Gasteiger partial charge on any atom is -0.497 e. The maximum absolute atomic E-state index is 12.7. The maximum atomic E-state index is 12.7. The van der Waals surface area contributed by atoms with Crippen LogP contribution in [0.3, 0.4) is 0 Å². The fourth-order valence-corrected chi connectivity index (χ4v) is 6.60. The highest BCUT2D eigenvalue weighted by molar-refractivity contribution is 8.01. The van der Waals surface area contributed by atoms with E-state index in [0.717, 1.165) is 34.0 Å². The largest absolute Gasteiger partial charge is 0.497 e. The molecular formula is C26H24N2O4S2. The molecule has 174 valence electrons. The van der Waals surface area contributed by atoms with Crippen molar-refractivity contribution in [3.63, 3.8) is 0 Å². The van der Waals surface area contributed by atoms with Gasteiger partial charge in [-0.1, -0.05) is 36.4 Å². The number of carbonyl (C=O) groups excluding carboxylic acids is 2. The van der Waals surface area contributed by atoms with E-state index in [1.807, 2.05) is 58.3 Å². The molecule has 2 fully saturated rings. The van der Waals surface area contributed by atoms with Gasteiger partial charge in [-0.2, -0.15) is 0 Å². The summed E-state index contributed by atoms with van der Waals surface area (Å²) in [7, 11) is 3.24. The highest BCUT2D eigenvalue weighted by atomic mass is 32.2. The highest BCUT2D eigenvalue weighted by Gasteiger charge is 2.36. The molecule has 34 heavy (non-hydrogen) atoms. The van der Waals surface area contributed by atoms with Crippen molar-refractivity contribution in [3.05, 3.63) is 83.9 Å². The predicted molar refractivity (Wildman–Crippen MR) is 138 cm³/mol. The number of nitrogens with zero attached hydrogens (tertiary/aromatic N) is 2. The van der Waals surface area contributed by atoms with E-state index in [1.54, 1.807) is 37.7 Å². The van der Waals surface area contributed by atoms with Crippen LogP contribution in [0.5, 0.6) is 11.5 Å². The van der Waals surface area contributed by atoms with Crippen LogP contribution in [0.25, 0.3) is 0 Å². The van der Waals surface area contributed by atoms with Gasteiger partial charge >= 0.3 is 0 Å². The second-order valence-corrected chi connectivity index (χ2v) is 10.1. The van der Waals surface area contributed by atoms with E-state index in [4.69, 9.17) is 9.47 Å². The number of anilines is 2. The Hall–Kier alpha value is -3.10. The Morgan fingerprint density at radius 2 is 1.09 bits per heavy atom. The lowest BCUT2D eigenvalue weighted by Crippen LogP contribution is -2.28. The molecule has 0 bridgehead atoms. The third-order valence-corrected chi connectivity index (χ3v) is 8.33. The van der Waals surface area contributed by atoms with Gasteiger partial charge < -0.3 is 9.47 Å². The summed E-state index contributed by atoms with van der Waals surface area (Å²) in [5, 5.41) is -0.220. The van der Waals surface area contributed by atoms with E-state index < -0.39 is 0 Å². The zero-order valence-electron chi connectivity index (χ0n) is 18.8. The number of hydrogen-bond donors (Lipinski definition) is 0. The van der Waals surface area contributed by atoms with Crippen molar-refractivity contribution in [2.24, 2.45) is 0 Å². The molecule has 0 spiro atoms. The molecule has 5 rings (SSSR count). The molecule has 0 saturated carbocycles. The molecule has 2 aliphatic heterocycles. The summed E-state index contributed by atoms with van der Waals surface area (Å²) in [4.78, 5) is 29.1. The van der Waals surface area contributed by atoms with Gasteiger partial charge in [0.1, 0.15) is 22.2 Å². The number of carbonyl (C=O) groups is 2. The quantitative estimate of drug-likeness (QED) is 0.468. The Bertz CT molecular complexity index is 1120. The summed E-state index contributed by atoms with van der Waals surface area (Å²) in [6.07, 6.45) is 0. The fourth-order valence-electron chi connectivity index (χ4n) is 4.25. The lowest BCUT2D eigenvalue weighted by Gasteiger charge is -2.27. The average molecular weight is 493 g/mol. The smallest absolute Gasteiger partial charge is 0.238 e. The van der Waals surface area contributed by atoms with E-state index in [9.17, 15) is 9.59 Å². The third-order valence-electron chi connectivity index (χ3n) is 5.91. The van der Waals surface area contributed by atoms with E-state index in [2.05, 4.69) is 24.3 Å². The van der Waals surface area contributed by atoms with Gasteiger partial charge in [0.2, 0.25) is 11.8 Å². The van der Waals surface area contributed by atoms with E-state index in [1.165, 1.54) is 0 Å². The van der Waals surface area contributed by atoms with Crippen molar-refractivity contribution >= 4 is 46.7 Å². The van der Waals surface area contributed by atoms with Gasteiger partial charge in [0.25, 0.3) is 0 Å². The van der Waals surface area contributed by atoms with Crippen LogP contribution < -0.4 is 19.3 Å². The molecule has 0 N–H and O–H groups in total. The van der Waals surface area contributed by atoms with E-state index in [-0.39, 0.29) is 22.6 Å². The van der Waals surface area contributed by atoms with Gasteiger partial charge in [-0.05, 0) is 35.4 Å². The summed E-state index contributed by atoms with van der Waals surface area (Å²) >= 11 is 3.22. The monoisotopic (exact) mass is 492 g/mol. The molecule has 2 aliphatic rings. The Balaban J connectivity index is 1.41. The number of methoxy groups -OCH3 is 2. The Morgan fingerprint density at radius 1 is 0.676 bits per heavy atom. The number of ether oxygens (including phenoxy) is 2. The molecule has 0 aliphatic carbocycles. The van der Waals surface area contributed by atoms with Crippen LogP contribution >= 0.6 is 23.5 Å². The standard InChI is InChI=1S/C26H24N2O4S2/c1-31-21-7-3-5-19(13-21)27-23(29)15-33-25(27)17-9-11-18(12-10-17)26-28(24(30)16-34-26)20-6-4-8-22(14-20)32-2/h3-14,25-26H,15-16H2,1-2H3/t25-,26-/m1/s1. The van der Waals surface area contributed by atoms with Gasteiger partial charge in [0, 0.05) is 23.5 Å². The molecule has 8 heteroatoms. The minimum atomic E-state index is -0.110. The molecule has 0 aromatic heterocycles. The number of benzene rings is 3. The Morgan fingerprint density at radius 3 is 1.47 bits per heavy atom. The molecular weight excluding hydrogens is 468 g/mol. The van der Waals surface area contributed by atoms with Gasteiger partial charge in [-0.3, -0.25) is 19.4 Å². The van der Waals surface area contributed by atoms with Crippen molar-refractivity contribution in [2.45, 2.75) is 10.7 Å². The molecule has 3 aromatic carbocycles. The van der Waals surface area contributed by atoms with Crippen LogP contribution in [0.15, 0.2) is 72.8 Å². The normalized spacial score (nSPS) is 20.2. The Labute approximate surface area is 207 Å². The molecule has 2 saturated heterocycles. The zero-order chi connectivity index (χ0) is 23.7. The summed E-state index contributed by atoms with van der Waals surface area (Å²) < 4.78 is 10.7. The Kier molecular flexibility index (Phi) is 6.43. The molecule has 2 atom stereocenters. The summed E-state index contributed by atoms with van der Waals surface area (Å²) in [5.41, 5.74) is 3.74. The second-order valence-electron chi connectivity index (χ2n) is 7.92. The van der Waals surface area contributed by atoms with Gasteiger partial charge in [-0.25, -0.2) is 0 Å². The van der Waals surface area contributed by atoms with Gasteiger partial charge in [-0.15, -0.1) is 23.5 Å². The van der Waals surface area contributed by atoms with Crippen LogP contribution in [-0.2, 0) is 9.59 Å². The molecule has 6 nitrogen and oxygen atoms in total. The molecule has 3 aromatic rings. The van der Waals surface area contributed by atoms with E-state index >= 15 is 0 Å². The average Bonchev–Trinajstić information content (AvgIpc) is 3.46. The van der Waals surface area contributed by atoms with Crippen LogP contribution in [0.2, 0.25) is 0 Å². The van der Waals surface area contributed by atoms with Crippen molar-refractivity contribution in [2.75, 3.05) is 35.5 Å². The van der Waals surface area contributed by atoms with E-state index in [0.29, 0.717) is 11.5 Å².